The first kappa shape index (κ1) is 23.1. The van der Waals surface area contributed by atoms with Gasteiger partial charge in [0.15, 0.2) is 0 Å². The van der Waals surface area contributed by atoms with Gasteiger partial charge >= 0.3 is 0 Å². The molecule has 2 aliphatic heterocycles. The topological polar surface area (TPSA) is 73.0 Å². The molecule has 1 N–H and O–H groups in total. The molecule has 2 aliphatic rings. The van der Waals surface area contributed by atoms with Gasteiger partial charge in [-0.15, -0.1) is 11.8 Å². The number of nitrogens with zero attached hydrogens (tertiary/aromatic N) is 3. The number of piperidine rings is 1. The van der Waals surface area contributed by atoms with Gasteiger partial charge in [-0.2, -0.15) is 0 Å². The van der Waals surface area contributed by atoms with Crippen LogP contribution < -0.4 is 5.32 Å². The highest BCUT2D eigenvalue weighted by Gasteiger charge is 2.24. The molecule has 30 heavy (non-hydrogen) atoms. The minimum Gasteiger partial charge on any atom is -0.342 e. The molecule has 2 saturated heterocycles. The molecule has 0 unspecified atom stereocenters. The number of piperazine rings is 1. The summed E-state index contributed by atoms with van der Waals surface area (Å²) in [6.45, 7) is 4.92. The smallest absolute Gasteiger partial charge is 0.236 e. The minimum atomic E-state index is -0.119. The molecule has 164 valence electrons. The predicted molar refractivity (Wildman–Crippen MR) is 124 cm³/mol. The number of carbonyl (C=O) groups is 3. The zero-order valence-corrected chi connectivity index (χ0v) is 19.5. The lowest BCUT2D eigenvalue weighted by molar-refractivity contribution is -0.134. The molecule has 0 radical (unpaired) electrons. The zero-order valence-electron chi connectivity index (χ0n) is 17.1. The number of benzene rings is 1. The molecular formula is C21H29BrN4O3S. The van der Waals surface area contributed by atoms with Gasteiger partial charge < -0.3 is 15.1 Å². The van der Waals surface area contributed by atoms with Crippen molar-refractivity contribution in [2.24, 2.45) is 0 Å². The van der Waals surface area contributed by atoms with Crippen molar-refractivity contribution in [2.45, 2.75) is 19.3 Å². The van der Waals surface area contributed by atoms with Crippen molar-refractivity contribution < 1.29 is 14.4 Å². The van der Waals surface area contributed by atoms with E-state index >= 15 is 0 Å². The van der Waals surface area contributed by atoms with Gasteiger partial charge in [-0.1, -0.05) is 22.0 Å². The SMILES string of the molecule is O=C(CSCC(=O)N1CCN(CC(=O)N2CCCCC2)CC1)Nc1cccc(Br)c1. The Balaban J connectivity index is 1.31. The van der Waals surface area contributed by atoms with Crippen LogP contribution in [0.2, 0.25) is 0 Å². The van der Waals surface area contributed by atoms with Gasteiger partial charge in [-0.3, -0.25) is 19.3 Å². The van der Waals surface area contributed by atoms with E-state index in [0.717, 1.165) is 49.2 Å². The molecule has 0 saturated carbocycles. The lowest BCUT2D eigenvalue weighted by Crippen LogP contribution is -2.52. The van der Waals surface area contributed by atoms with Crippen LogP contribution in [0.4, 0.5) is 5.69 Å². The van der Waals surface area contributed by atoms with Crippen molar-refractivity contribution in [3.63, 3.8) is 0 Å². The Morgan fingerprint density at radius 1 is 0.900 bits per heavy atom. The summed E-state index contributed by atoms with van der Waals surface area (Å²) in [6, 6.07) is 7.42. The maximum atomic E-state index is 12.4. The van der Waals surface area contributed by atoms with Crippen molar-refractivity contribution in [1.82, 2.24) is 14.7 Å². The van der Waals surface area contributed by atoms with Crippen LogP contribution in [0.5, 0.6) is 0 Å². The van der Waals surface area contributed by atoms with Gasteiger partial charge in [-0.25, -0.2) is 0 Å². The third kappa shape index (κ3) is 7.28. The van der Waals surface area contributed by atoms with Crippen molar-refractivity contribution in [2.75, 3.05) is 62.6 Å². The fourth-order valence-corrected chi connectivity index (χ4v) is 4.79. The number of hydrogen-bond acceptors (Lipinski definition) is 5. The van der Waals surface area contributed by atoms with Crippen LogP contribution in [0.15, 0.2) is 28.7 Å². The van der Waals surface area contributed by atoms with E-state index in [1.165, 1.54) is 18.2 Å². The lowest BCUT2D eigenvalue weighted by Gasteiger charge is -2.36. The third-order valence-corrected chi connectivity index (χ3v) is 6.77. The maximum Gasteiger partial charge on any atom is 0.236 e. The van der Waals surface area contributed by atoms with E-state index in [2.05, 4.69) is 26.1 Å². The van der Waals surface area contributed by atoms with E-state index in [1.807, 2.05) is 34.1 Å². The Bertz CT molecular complexity index is 750. The largest absolute Gasteiger partial charge is 0.342 e. The highest BCUT2D eigenvalue weighted by atomic mass is 79.9. The maximum absolute atomic E-state index is 12.4. The Kier molecular flexibility index (Phi) is 9.02. The molecule has 0 atom stereocenters. The summed E-state index contributed by atoms with van der Waals surface area (Å²) < 4.78 is 0.903. The van der Waals surface area contributed by atoms with Gasteiger partial charge in [0, 0.05) is 49.4 Å². The van der Waals surface area contributed by atoms with E-state index in [4.69, 9.17) is 0 Å². The first-order valence-corrected chi connectivity index (χ1v) is 12.4. The second kappa shape index (κ2) is 11.7. The number of halogens is 1. The molecule has 9 heteroatoms. The molecule has 0 aromatic heterocycles. The quantitative estimate of drug-likeness (QED) is 0.626. The molecule has 1 aromatic rings. The number of likely N-dealkylation sites (tertiary alicyclic amines) is 1. The molecule has 0 aliphatic carbocycles. The van der Waals surface area contributed by atoms with Crippen LogP contribution >= 0.6 is 27.7 Å². The summed E-state index contributed by atoms with van der Waals surface area (Å²) in [5.41, 5.74) is 0.733. The van der Waals surface area contributed by atoms with Crippen molar-refractivity contribution in [3.8, 4) is 0 Å². The second-order valence-corrected chi connectivity index (χ2v) is 9.55. The van der Waals surface area contributed by atoms with Gasteiger partial charge in [0.2, 0.25) is 17.7 Å². The molecule has 2 heterocycles. The third-order valence-electron chi connectivity index (χ3n) is 5.36. The average molecular weight is 497 g/mol. The molecule has 2 fully saturated rings. The Labute approximate surface area is 190 Å². The molecule has 3 rings (SSSR count). The van der Waals surface area contributed by atoms with Crippen LogP contribution in [-0.2, 0) is 14.4 Å². The summed E-state index contributed by atoms with van der Waals surface area (Å²) in [7, 11) is 0. The van der Waals surface area contributed by atoms with Crippen LogP contribution in [0.25, 0.3) is 0 Å². The molecular weight excluding hydrogens is 468 g/mol. The molecule has 7 nitrogen and oxygen atoms in total. The van der Waals surface area contributed by atoms with Crippen molar-refractivity contribution in [3.05, 3.63) is 28.7 Å². The molecule has 1 aromatic carbocycles. The fraction of sp³-hybridized carbons (Fsp3) is 0.571. The number of hydrogen-bond donors (Lipinski definition) is 1. The number of thioether (sulfide) groups is 1. The fourth-order valence-electron chi connectivity index (χ4n) is 3.68. The highest BCUT2D eigenvalue weighted by Crippen LogP contribution is 2.16. The first-order chi connectivity index (χ1) is 14.5. The molecule has 3 amide bonds. The highest BCUT2D eigenvalue weighted by molar-refractivity contribution is 9.10. The molecule has 0 spiro atoms. The van der Waals surface area contributed by atoms with Gasteiger partial charge in [0.25, 0.3) is 0 Å². The van der Waals surface area contributed by atoms with E-state index < -0.39 is 0 Å². The van der Waals surface area contributed by atoms with Crippen LogP contribution in [0.3, 0.4) is 0 Å². The lowest BCUT2D eigenvalue weighted by atomic mass is 10.1. The summed E-state index contributed by atoms with van der Waals surface area (Å²) in [5.74, 6) is 0.673. The average Bonchev–Trinajstić information content (AvgIpc) is 2.75. The van der Waals surface area contributed by atoms with Gasteiger partial charge in [-0.05, 0) is 37.5 Å². The van der Waals surface area contributed by atoms with Crippen LogP contribution in [0.1, 0.15) is 19.3 Å². The summed E-state index contributed by atoms with van der Waals surface area (Å²) in [5, 5.41) is 2.83. The van der Waals surface area contributed by atoms with E-state index in [0.29, 0.717) is 25.4 Å². The Hall–Kier alpha value is -1.58. The van der Waals surface area contributed by atoms with Gasteiger partial charge in [0.1, 0.15) is 0 Å². The van der Waals surface area contributed by atoms with Crippen LogP contribution in [-0.4, -0.2) is 89.7 Å². The Morgan fingerprint density at radius 2 is 1.60 bits per heavy atom. The van der Waals surface area contributed by atoms with Crippen molar-refractivity contribution >= 4 is 51.1 Å². The number of carbonyl (C=O) groups excluding carboxylic acids is 3. The second-order valence-electron chi connectivity index (χ2n) is 7.65. The van der Waals surface area contributed by atoms with E-state index in [1.54, 1.807) is 0 Å². The van der Waals surface area contributed by atoms with Gasteiger partial charge in [0.05, 0.1) is 18.1 Å². The summed E-state index contributed by atoms with van der Waals surface area (Å²) >= 11 is 4.70. The summed E-state index contributed by atoms with van der Waals surface area (Å²) in [4.78, 5) is 42.8. The predicted octanol–water partition coefficient (Wildman–Crippen LogP) is 2.28. The van der Waals surface area contributed by atoms with Crippen LogP contribution in [0, 0.1) is 0 Å². The first-order valence-electron chi connectivity index (χ1n) is 10.4. The minimum absolute atomic E-state index is 0.0530. The summed E-state index contributed by atoms with van der Waals surface area (Å²) in [6.07, 6.45) is 3.42. The zero-order chi connectivity index (χ0) is 21.3. The number of rotatable bonds is 7. The monoisotopic (exact) mass is 496 g/mol. The van der Waals surface area contributed by atoms with E-state index in [-0.39, 0.29) is 23.5 Å². The van der Waals surface area contributed by atoms with Crippen molar-refractivity contribution in [1.29, 1.82) is 0 Å². The Morgan fingerprint density at radius 3 is 2.30 bits per heavy atom. The van der Waals surface area contributed by atoms with E-state index in [9.17, 15) is 14.4 Å². The number of anilines is 1. The number of amides is 3. The molecule has 0 bridgehead atoms. The number of nitrogens with one attached hydrogen (secondary N) is 1. The standard InChI is InChI=1S/C21H29BrN4O3S/c22-17-5-4-6-18(13-17)23-19(27)15-30-16-21(29)26-11-9-24(10-12-26)14-20(28)25-7-2-1-3-8-25/h4-6,13H,1-3,7-12,14-16H2,(H,23,27). The normalized spacial score (nSPS) is 17.6.